The van der Waals surface area contributed by atoms with Gasteiger partial charge in [0.1, 0.15) is 11.6 Å². The van der Waals surface area contributed by atoms with Gasteiger partial charge in [-0.15, -0.1) is 0 Å². The molecule has 0 spiro atoms. The Kier molecular flexibility index (Phi) is 4.68. The Morgan fingerprint density at radius 3 is 2.81 bits per heavy atom. The highest BCUT2D eigenvalue weighted by Crippen LogP contribution is 2.36. The Morgan fingerprint density at radius 2 is 2.04 bits per heavy atom. The molecule has 1 fully saturated rings. The Bertz CT molecular complexity index is 795. The molecule has 1 atom stereocenters. The van der Waals surface area contributed by atoms with Crippen LogP contribution in [0.3, 0.4) is 0 Å². The zero-order chi connectivity index (χ0) is 18.1. The van der Waals surface area contributed by atoms with Gasteiger partial charge in [0.15, 0.2) is 0 Å². The summed E-state index contributed by atoms with van der Waals surface area (Å²) in [5, 5.41) is 0. The molecule has 26 heavy (non-hydrogen) atoms. The van der Waals surface area contributed by atoms with Crippen molar-refractivity contribution in [3.8, 4) is 5.75 Å². The molecule has 2 aliphatic heterocycles. The molecule has 0 unspecified atom stereocenters. The lowest BCUT2D eigenvalue weighted by Gasteiger charge is -2.39. The molecule has 0 radical (unpaired) electrons. The second-order valence-electron chi connectivity index (χ2n) is 7.04. The molecule has 4 rings (SSSR count). The first-order valence-corrected chi connectivity index (χ1v) is 9.21. The number of nitrogens with zero attached hydrogens (tertiary/aromatic N) is 3. The van der Waals surface area contributed by atoms with Crippen LogP contribution in [0.15, 0.2) is 30.5 Å². The maximum Gasteiger partial charge on any atom is 0.226 e. The van der Waals surface area contributed by atoms with Gasteiger partial charge in [0.25, 0.3) is 0 Å². The van der Waals surface area contributed by atoms with E-state index in [2.05, 4.69) is 22.5 Å². The first-order valence-electron chi connectivity index (χ1n) is 9.21. The largest absolute Gasteiger partial charge is 0.496 e. The number of imidazole rings is 1. The van der Waals surface area contributed by atoms with Crippen molar-refractivity contribution in [3.05, 3.63) is 47.5 Å². The van der Waals surface area contributed by atoms with E-state index in [0.29, 0.717) is 26.3 Å². The molecule has 1 aromatic heterocycles. The number of aryl methyl sites for hydroxylation is 1. The Morgan fingerprint density at radius 1 is 1.27 bits per heavy atom. The van der Waals surface area contributed by atoms with Crippen molar-refractivity contribution in [3.63, 3.8) is 0 Å². The second kappa shape index (κ2) is 7.11. The molecule has 2 aromatic rings. The molecular weight excluding hydrogens is 330 g/mol. The van der Waals surface area contributed by atoms with E-state index in [-0.39, 0.29) is 17.9 Å². The number of amides is 1. The molecule has 0 aliphatic carbocycles. The summed E-state index contributed by atoms with van der Waals surface area (Å²) in [6.45, 7) is 4.63. The molecule has 3 heterocycles. The highest BCUT2D eigenvalue weighted by atomic mass is 16.5. The summed E-state index contributed by atoms with van der Waals surface area (Å²) in [4.78, 5) is 19.9. The van der Waals surface area contributed by atoms with Crippen LogP contribution in [0.4, 0.5) is 0 Å². The van der Waals surface area contributed by atoms with E-state index in [1.165, 1.54) is 0 Å². The molecule has 6 heteroatoms. The van der Waals surface area contributed by atoms with Gasteiger partial charge in [-0.3, -0.25) is 4.79 Å². The average molecular weight is 355 g/mol. The number of carbonyl (C=O) groups is 1. The van der Waals surface area contributed by atoms with Crippen LogP contribution in [0, 0.1) is 12.8 Å². The number of rotatable bonds is 3. The maximum atomic E-state index is 13.3. The third-order valence-corrected chi connectivity index (χ3v) is 5.53. The van der Waals surface area contributed by atoms with Gasteiger partial charge in [0.2, 0.25) is 5.91 Å². The molecule has 1 saturated heterocycles. The van der Waals surface area contributed by atoms with Gasteiger partial charge in [-0.2, -0.15) is 0 Å². The second-order valence-corrected chi connectivity index (χ2v) is 7.04. The number of para-hydroxylation sites is 1. The average Bonchev–Trinajstić information content (AvgIpc) is 3.07. The minimum absolute atomic E-state index is 0.0311. The molecule has 1 amide bonds. The van der Waals surface area contributed by atoms with Gasteiger partial charge >= 0.3 is 0 Å². The van der Waals surface area contributed by atoms with Crippen molar-refractivity contribution in [2.24, 2.45) is 5.92 Å². The van der Waals surface area contributed by atoms with Crippen molar-refractivity contribution < 1.29 is 14.3 Å². The fourth-order valence-electron chi connectivity index (χ4n) is 4.04. The molecule has 0 bridgehead atoms. The first kappa shape index (κ1) is 17.1. The molecule has 2 aliphatic rings. The lowest BCUT2D eigenvalue weighted by molar-refractivity contribution is -0.143. The van der Waals surface area contributed by atoms with Crippen LogP contribution in [0.5, 0.6) is 5.75 Å². The van der Waals surface area contributed by atoms with Gasteiger partial charge in [0.05, 0.1) is 19.7 Å². The summed E-state index contributed by atoms with van der Waals surface area (Å²) in [6.07, 6.45) is 3.47. The van der Waals surface area contributed by atoms with Gasteiger partial charge in [-0.1, -0.05) is 18.2 Å². The Hall–Kier alpha value is -2.34. The van der Waals surface area contributed by atoms with Crippen LogP contribution >= 0.6 is 0 Å². The van der Waals surface area contributed by atoms with Gasteiger partial charge < -0.3 is 18.9 Å². The summed E-state index contributed by atoms with van der Waals surface area (Å²) < 4.78 is 13.2. The first-order chi connectivity index (χ1) is 12.7. The van der Waals surface area contributed by atoms with Gasteiger partial charge in [-0.25, -0.2) is 4.98 Å². The number of methoxy groups -OCH3 is 1. The smallest absolute Gasteiger partial charge is 0.226 e. The quantitative estimate of drug-likeness (QED) is 0.849. The van der Waals surface area contributed by atoms with Crippen LogP contribution in [0.1, 0.15) is 36.0 Å². The standard InChI is InChI=1S/C20H25N3O3/c1-14-11-21-19-13-23(20(24)15-7-9-26-10-8-15)17(12-22(14)19)16-5-3-4-6-18(16)25-2/h3-6,11,15,17H,7-10,12-13H2,1-2H3/t17-/m0/s1. The topological polar surface area (TPSA) is 56.6 Å². The van der Waals surface area contributed by atoms with Crippen molar-refractivity contribution in [2.45, 2.75) is 38.9 Å². The van der Waals surface area contributed by atoms with Crippen molar-refractivity contribution in [1.29, 1.82) is 0 Å². The third-order valence-electron chi connectivity index (χ3n) is 5.53. The SMILES string of the molecule is COc1ccccc1[C@@H]1Cn2c(C)cnc2CN1C(=O)C1CCOCC1. The highest BCUT2D eigenvalue weighted by Gasteiger charge is 2.37. The zero-order valence-corrected chi connectivity index (χ0v) is 15.4. The monoisotopic (exact) mass is 355 g/mol. The molecule has 138 valence electrons. The van der Waals surface area contributed by atoms with Crippen LogP contribution in [0.2, 0.25) is 0 Å². The predicted molar refractivity (Wildman–Crippen MR) is 96.8 cm³/mol. The van der Waals surface area contributed by atoms with Crippen LogP contribution in [0.25, 0.3) is 0 Å². The zero-order valence-electron chi connectivity index (χ0n) is 15.4. The van der Waals surface area contributed by atoms with E-state index in [0.717, 1.165) is 35.7 Å². The highest BCUT2D eigenvalue weighted by molar-refractivity contribution is 5.79. The third kappa shape index (κ3) is 2.98. The number of ether oxygens (including phenoxy) is 2. The molecule has 1 aromatic carbocycles. The van der Waals surface area contributed by atoms with E-state index in [4.69, 9.17) is 9.47 Å². The summed E-state index contributed by atoms with van der Waals surface area (Å²) in [6, 6.07) is 7.93. The van der Waals surface area contributed by atoms with E-state index in [1.807, 2.05) is 29.3 Å². The van der Waals surface area contributed by atoms with Crippen molar-refractivity contribution in [2.75, 3.05) is 20.3 Å². The fourth-order valence-corrected chi connectivity index (χ4v) is 4.04. The number of hydrogen-bond donors (Lipinski definition) is 0. The summed E-state index contributed by atoms with van der Waals surface area (Å²) >= 11 is 0. The van der Waals surface area contributed by atoms with E-state index in [9.17, 15) is 4.79 Å². The fraction of sp³-hybridized carbons (Fsp3) is 0.500. The lowest BCUT2D eigenvalue weighted by Crippen LogP contribution is -2.45. The lowest BCUT2D eigenvalue weighted by atomic mass is 9.95. The maximum absolute atomic E-state index is 13.3. The molecule has 0 saturated carbocycles. The molecular formula is C20H25N3O3. The minimum atomic E-state index is -0.0538. The molecule has 0 N–H and O–H groups in total. The van der Waals surface area contributed by atoms with Gasteiger partial charge in [-0.05, 0) is 25.8 Å². The van der Waals surface area contributed by atoms with Gasteiger partial charge in [0, 0.05) is 43.1 Å². The van der Waals surface area contributed by atoms with E-state index < -0.39 is 0 Å². The molecule has 6 nitrogen and oxygen atoms in total. The van der Waals surface area contributed by atoms with Crippen molar-refractivity contribution in [1.82, 2.24) is 14.5 Å². The van der Waals surface area contributed by atoms with Crippen LogP contribution in [-0.4, -0.2) is 40.7 Å². The number of fused-ring (bicyclic) bond motifs is 1. The summed E-state index contributed by atoms with van der Waals surface area (Å²) in [7, 11) is 1.68. The summed E-state index contributed by atoms with van der Waals surface area (Å²) in [5.74, 6) is 2.01. The number of benzene rings is 1. The van der Waals surface area contributed by atoms with Crippen molar-refractivity contribution >= 4 is 5.91 Å². The summed E-state index contributed by atoms with van der Waals surface area (Å²) in [5.41, 5.74) is 2.17. The normalized spacial score (nSPS) is 20.7. The van der Waals surface area contributed by atoms with Crippen LogP contribution in [-0.2, 0) is 22.6 Å². The Labute approximate surface area is 153 Å². The number of carbonyl (C=O) groups excluding carboxylic acids is 1. The predicted octanol–water partition coefficient (Wildman–Crippen LogP) is 2.71. The minimum Gasteiger partial charge on any atom is -0.496 e. The van der Waals surface area contributed by atoms with E-state index in [1.54, 1.807) is 7.11 Å². The Balaban J connectivity index is 1.72. The van der Waals surface area contributed by atoms with Crippen LogP contribution < -0.4 is 4.74 Å². The number of hydrogen-bond acceptors (Lipinski definition) is 4. The van der Waals surface area contributed by atoms with E-state index >= 15 is 0 Å². The number of aromatic nitrogens is 2.